The Bertz CT molecular complexity index is 1440. The number of nitrogen functional groups attached to an aromatic ring is 1. The van der Waals surface area contributed by atoms with Crippen LogP contribution in [0.2, 0.25) is 0 Å². The van der Waals surface area contributed by atoms with Crippen molar-refractivity contribution in [3.05, 3.63) is 90.1 Å². The van der Waals surface area contributed by atoms with Crippen molar-refractivity contribution >= 4 is 11.6 Å². The average molecular weight is 434 g/mol. The zero-order chi connectivity index (χ0) is 22.4. The fourth-order valence-corrected chi connectivity index (χ4v) is 3.70. The Morgan fingerprint density at radius 1 is 0.938 bits per heavy atom. The largest absolute Gasteiger partial charge is 0.366 e. The van der Waals surface area contributed by atoms with E-state index in [1.54, 1.807) is 54.3 Å². The molecule has 32 heavy (non-hydrogen) atoms. The Kier molecular flexibility index (Phi) is 4.66. The molecule has 0 aliphatic rings. The summed E-state index contributed by atoms with van der Waals surface area (Å²) in [5.41, 5.74) is 8.47. The van der Waals surface area contributed by atoms with Crippen molar-refractivity contribution in [2.75, 3.05) is 5.73 Å². The van der Waals surface area contributed by atoms with Crippen LogP contribution in [0.3, 0.4) is 0 Å². The van der Waals surface area contributed by atoms with Gasteiger partial charge in [0.2, 0.25) is 5.95 Å². The van der Waals surface area contributed by atoms with Crippen LogP contribution < -0.4 is 5.73 Å². The molecule has 3 heterocycles. The van der Waals surface area contributed by atoms with Crippen LogP contribution in [0.25, 0.3) is 27.9 Å². The van der Waals surface area contributed by atoms with Crippen molar-refractivity contribution in [1.29, 1.82) is 0 Å². The molecule has 0 unspecified atom stereocenters. The summed E-state index contributed by atoms with van der Waals surface area (Å²) in [6.07, 6.45) is 4.84. The first kappa shape index (κ1) is 19.8. The number of anilines is 1. The first-order valence-corrected chi connectivity index (χ1v) is 9.80. The fraction of sp³-hybridized carbons (Fsp3) is 0.0870. The lowest BCUT2D eigenvalue weighted by atomic mass is 10.0. The first-order valence-electron chi connectivity index (χ1n) is 9.80. The Morgan fingerprint density at radius 3 is 2.41 bits per heavy atom. The van der Waals surface area contributed by atoms with E-state index < -0.39 is 23.5 Å². The summed E-state index contributed by atoms with van der Waals surface area (Å²) < 4.78 is 45.7. The number of nitrogens with two attached hydrogens (primary N) is 1. The lowest BCUT2D eigenvalue weighted by Gasteiger charge is -2.13. The fourth-order valence-electron chi connectivity index (χ4n) is 3.70. The van der Waals surface area contributed by atoms with Crippen molar-refractivity contribution < 1.29 is 13.2 Å². The van der Waals surface area contributed by atoms with Crippen molar-refractivity contribution in [3.8, 4) is 22.3 Å². The molecule has 0 radical (unpaired) electrons. The van der Waals surface area contributed by atoms with Crippen molar-refractivity contribution in [3.63, 3.8) is 0 Å². The van der Waals surface area contributed by atoms with Crippen LogP contribution in [0, 0.1) is 17.5 Å². The number of benzene rings is 2. The predicted octanol–water partition coefficient (Wildman–Crippen LogP) is 4.87. The Balaban J connectivity index is 1.51. The third-order valence-electron chi connectivity index (χ3n) is 5.34. The molecule has 0 aliphatic heterocycles. The van der Waals surface area contributed by atoms with Crippen molar-refractivity contribution in [1.82, 2.24) is 24.4 Å². The van der Waals surface area contributed by atoms with E-state index in [9.17, 15) is 8.78 Å². The summed E-state index contributed by atoms with van der Waals surface area (Å²) in [5, 5.41) is 8.31. The van der Waals surface area contributed by atoms with Crippen LogP contribution in [0.5, 0.6) is 0 Å². The number of fused-ring (bicyclic) bond motifs is 1. The third-order valence-corrected chi connectivity index (χ3v) is 5.34. The number of nitrogens with zero attached hydrogens (tertiary/aromatic N) is 5. The molecule has 1 atom stereocenters. The Morgan fingerprint density at radius 2 is 1.66 bits per heavy atom. The molecule has 0 fully saturated rings. The summed E-state index contributed by atoms with van der Waals surface area (Å²) >= 11 is 0. The number of hydrogen-bond donors (Lipinski definition) is 1. The average Bonchev–Trinajstić information content (AvgIpc) is 3.38. The van der Waals surface area contributed by atoms with Gasteiger partial charge in [0.05, 0.1) is 12.2 Å². The van der Waals surface area contributed by atoms with Gasteiger partial charge in [0.15, 0.2) is 5.65 Å². The monoisotopic (exact) mass is 434 g/mol. The highest BCUT2D eigenvalue weighted by molar-refractivity contribution is 5.75. The van der Waals surface area contributed by atoms with E-state index in [0.29, 0.717) is 33.5 Å². The molecule has 0 bridgehead atoms. The summed E-state index contributed by atoms with van der Waals surface area (Å²) in [5.74, 6) is -1.61. The normalized spacial score (nSPS) is 12.4. The predicted molar refractivity (Wildman–Crippen MR) is 114 cm³/mol. The molecular weight excluding hydrogens is 417 g/mol. The SMILES string of the molecule is C[C@H](c1cc(F)cc(F)c1)n1cc(-c2cccc(-c3ccn4nc(N)nc4c3)c2F)cn1. The molecule has 0 saturated carbocycles. The molecule has 0 saturated heterocycles. The molecule has 3 aromatic heterocycles. The summed E-state index contributed by atoms with van der Waals surface area (Å²) in [7, 11) is 0. The van der Waals surface area contributed by atoms with E-state index in [4.69, 9.17) is 5.73 Å². The Hall–Kier alpha value is -4.14. The lowest BCUT2D eigenvalue weighted by Crippen LogP contribution is -2.07. The van der Waals surface area contributed by atoms with Gasteiger partial charge in [-0.3, -0.25) is 4.68 Å². The van der Waals surface area contributed by atoms with Crippen LogP contribution in [-0.2, 0) is 0 Å². The van der Waals surface area contributed by atoms with Crippen LogP contribution in [0.4, 0.5) is 19.1 Å². The molecule has 0 aliphatic carbocycles. The minimum Gasteiger partial charge on any atom is -0.366 e. The number of pyridine rings is 1. The van der Waals surface area contributed by atoms with Gasteiger partial charge in [-0.25, -0.2) is 17.7 Å². The van der Waals surface area contributed by atoms with Crippen LogP contribution >= 0.6 is 0 Å². The Labute approximate surface area is 180 Å². The lowest BCUT2D eigenvalue weighted by molar-refractivity contribution is 0.539. The minimum atomic E-state index is -0.663. The molecule has 0 amide bonds. The van der Waals surface area contributed by atoms with Crippen LogP contribution in [0.1, 0.15) is 18.5 Å². The maximum Gasteiger partial charge on any atom is 0.240 e. The summed E-state index contributed by atoms with van der Waals surface area (Å²) in [6, 6.07) is 11.4. The molecule has 2 N–H and O–H groups in total. The highest BCUT2D eigenvalue weighted by Crippen LogP contribution is 2.32. The van der Waals surface area contributed by atoms with Gasteiger partial charge in [-0.05, 0) is 42.3 Å². The van der Waals surface area contributed by atoms with E-state index in [1.807, 2.05) is 0 Å². The van der Waals surface area contributed by atoms with Gasteiger partial charge >= 0.3 is 0 Å². The van der Waals surface area contributed by atoms with Gasteiger partial charge in [0, 0.05) is 35.2 Å². The quantitative estimate of drug-likeness (QED) is 0.438. The van der Waals surface area contributed by atoms with Gasteiger partial charge in [0.1, 0.15) is 17.5 Å². The first-order chi connectivity index (χ1) is 15.4. The van der Waals surface area contributed by atoms with E-state index in [2.05, 4.69) is 15.2 Å². The second-order valence-corrected chi connectivity index (χ2v) is 7.44. The molecule has 2 aromatic carbocycles. The highest BCUT2D eigenvalue weighted by Gasteiger charge is 2.17. The van der Waals surface area contributed by atoms with Gasteiger partial charge in [-0.15, -0.1) is 5.10 Å². The van der Waals surface area contributed by atoms with E-state index in [0.717, 1.165) is 6.07 Å². The number of rotatable bonds is 4. The van der Waals surface area contributed by atoms with E-state index >= 15 is 4.39 Å². The van der Waals surface area contributed by atoms with Gasteiger partial charge in [-0.2, -0.15) is 10.1 Å². The zero-order valence-corrected chi connectivity index (χ0v) is 16.9. The molecule has 5 aromatic rings. The van der Waals surface area contributed by atoms with Crippen LogP contribution in [0.15, 0.2) is 67.1 Å². The second-order valence-electron chi connectivity index (χ2n) is 7.44. The third kappa shape index (κ3) is 3.47. The molecule has 6 nitrogen and oxygen atoms in total. The smallest absolute Gasteiger partial charge is 0.240 e. The molecule has 160 valence electrons. The maximum absolute atomic E-state index is 15.5. The number of halogens is 3. The number of aromatic nitrogens is 5. The molecule has 5 rings (SSSR count). The summed E-state index contributed by atoms with van der Waals surface area (Å²) in [6.45, 7) is 1.76. The van der Waals surface area contributed by atoms with Crippen molar-refractivity contribution in [2.45, 2.75) is 13.0 Å². The van der Waals surface area contributed by atoms with Gasteiger partial charge < -0.3 is 5.73 Å². The minimum absolute atomic E-state index is 0.135. The second kappa shape index (κ2) is 7.52. The standard InChI is InChI=1S/C23H17F3N6/c1-13(15-7-17(24)10-18(25)8-15)32-12-16(11-28-32)20-4-2-3-19(22(20)26)14-5-6-31-21(9-14)29-23(27)30-31/h2-13H,1H3,(H2,27,30)/t13-/m1/s1. The maximum atomic E-state index is 15.5. The zero-order valence-electron chi connectivity index (χ0n) is 16.9. The van der Waals surface area contributed by atoms with Gasteiger partial charge in [0.25, 0.3) is 0 Å². The van der Waals surface area contributed by atoms with Crippen molar-refractivity contribution in [2.24, 2.45) is 0 Å². The summed E-state index contributed by atoms with van der Waals surface area (Å²) in [4.78, 5) is 4.11. The van der Waals surface area contributed by atoms with E-state index in [1.165, 1.54) is 22.8 Å². The van der Waals surface area contributed by atoms with Crippen LogP contribution in [-0.4, -0.2) is 24.4 Å². The molecule has 9 heteroatoms. The molecular formula is C23H17F3N6. The van der Waals surface area contributed by atoms with Gasteiger partial charge in [-0.1, -0.05) is 18.2 Å². The topological polar surface area (TPSA) is 74.0 Å². The van der Waals surface area contributed by atoms with E-state index in [-0.39, 0.29) is 5.95 Å². The molecule has 0 spiro atoms. The highest BCUT2D eigenvalue weighted by atomic mass is 19.1. The number of hydrogen-bond acceptors (Lipinski definition) is 4.